The summed E-state index contributed by atoms with van der Waals surface area (Å²) in [5.74, 6) is 0. The maximum atomic E-state index is 5.45. The predicted octanol–water partition coefficient (Wildman–Crippen LogP) is 1.19. The molecule has 0 saturated carbocycles. The average Bonchev–Trinajstić information content (AvgIpc) is 1.86. The zero-order chi connectivity index (χ0) is 4.41. The van der Waals surface area contributed by atoms with Crippen molar-refractivity contribution in [2.75, 3.05) is 6.54 Å². The third-order valence-corrected chi connectivity index (χ3v) is 0.849. The van der Waals surface area contributed by atoms with Gasteiger partial charge >= 0.3 is 0 Å². The molecular formula is C4H4ClN. The number of aliphatic imine (C=N–C) groups is 1. The van der Waals surface area contributed by atoms with E-state index in [-0.39, 0.29) is 0 Å². The average molecular weight is 102 g/mol. The van der Waals surface area contributed by atoms with Crippen LogP contribution in [0.1, 0.15) is 0 Å². The molecule has 0 saturated heterocycles. The molecule has 0 unspecified atom stereocenters. The number of allylic oxidation sites excluding steroid dienone is 1. The van der Waals surface area contributed by atoms with E-state index >= 15 is 0 Å². The van der Waals surface area contributed by atoms with E-state index < -0.39 is 0 Å². The van der Waals surface area contributed by atoms with E-state index in [4.69, 9.17) is 11.6 Å². The molecule has 0 radical (unpaired) electrons. The Morgan fingerprint density at radius 1 is 1.83 bits per heavy atom. The largest absolute Gasteiger partial charge is 0.287 e. The first kappa shape index (κ1) is 3.88. The number of rotatable bonds is 0. The number of halogens is 1. The van der Waals surface area contributed by atoms with E-state index in [0.29, 0.717) is 6.54 Å². The normalized spacial score (nSPS) is 18.5. The van der Waals surface area contributed by atoms with Gasteiger partial charge in [0.1, 0.15) is 0 Å². The first-order chi connectivity index (χ1) is 2.89. The number of nitrogens with zero attached hydrogens (tertiary/aromatic N) is 1. The summed E-state index contributed by atoms with van der Waals surface area (Å²) < 4.78 is 0. The Balaban J connectivity index is 2.61. The van der Waals surface area contributed by atoms with Crippen molar-refractivity contribution in [1.82, 2.24) is 0 Å². The minimum absolute atomic E-state index is 0.682. The van der Waals surface area contributed by atoms with Gasteiger partial charge in [-0.05, 0) is 6.08 Å². The lowest BCUT2D eigenvalue weighted by molar-refractivity contribution is 1.27. The highest BCUT2D eigenvalue weighted by molar-refractivity contribution is 6.31. The van der Waals surface area contributed by atoms with Gasteiger partial charge in [0, 0.05) is 11.2 Å². The van der Waals surface area contributed by atoms with Crippen molar-refractivity contribution >= 4 is 17.8 Å². The lowest BCUT2D eigenvalue weighted by atomic mass is 10.6. The maximum Gasteiger partial charge on any atom is 0.0746 e. The van der Waals surface area contributed by atoms with Crippen LogP contribution >= 0.6 is 11.6 Å². The Kier molecular flexibility index (Phi) is 0.926. The highest BCUT2D eigenvalue weighted by Crippen LogP contribution is 2.03. The summed E-state index contributed by atoms with van der Waals surface area (Å²) in [5.41, 5.74) is 0. The van der Waals surface area contributed by atoms with Crippen LogP contribution < -0.4 is 0 Å². The van der Waals surface area contributed by atoms with Gasteiger partial charge in [-0.1, -0.05) is 11.6 Å². The fourth-order valence-electron chi connectivity index (χ4n) is 0.326. The van der Waals surface area contributed by atoms with Crippen LogP contribution in [0.4, 0.5) is 0 Å². The predicted molar refractivity (Wildman–Crippen MR) is 27.3 cm³/mol. The van der Waals surface area contributed by atoms with E-state index in [2.05, 4.69) is 4.99 Å². The Labute approximate surface area is 41.3 Å². The SMILES string of the molecule is ClC1=CC=NC1. The summed E-state index contributed by atoms with van der Waals surface area (Å²) in [6.07, 6.45) is 3.50. The zero-order valence-corrected chi connectivity index (χ0v) is 3.94. The summed E-state index contributed by atoms with van der Waals surface area (Å²) in [4.78, 5) is 3.81. The van der Waals surface area contributed by atoms with Gasteiger partial charge < -0.3 is 0 Å². The summed E-state index contributed by atoms with van der Waals surface area (Å²) in [7, 11) is 0. The van der Waals surface area contributed by atoms with Crippen LogP contribution in [0, 0.1) is 0 Å². The van der Waals surface area contributed by atoms with Gasteiger partial charge in [0.05, 0.1) is 6.54 Å². The first-order valence-corrected chi connectivity index (χ1v) is 2.12. The Morgan fingerprint density at radius 3 is 2.83 bits per heavy atom. The van der Waals surface area contributed by atoms with Crippen molar-refractivity contribution in [2.45, 2.75) is 0 Å². The molecule has 0 atom stereocenters. The molecule has 1 nitrogen and oxygen atoms in total. The smallest absolute Gasteiger partial charge is 0.0746 e. The van der Waals surface area contributed by atoms with E-state index in [1.807, 2.05) is 0 Å². The summed E-state index contributed by atoms with van der Waals surface area (Å²) in [5, 5.41) is 0.829. The molecule has 0 aromatic heterocycles. The van der Waals surface area contributed by atoms with Crippen molar-refractivity contribution < 1.29 is 0 Å². The van der Waals surface area contributed by atoms with Crippen LogP contribution in [0.5, 0.6) is 0 Å². The zero-order valence-electron chi connectivity index (χ0n) is 3.19. The van der Waals surface area contributed by atoms with Crippen LogP contribution in [0.2, 0.25) is 0 Å². The minimum Gasteiger partial charge on any atom is -0.287 e. The van der Waals surface area contributed by atoms with Crippen LogP contribution in [0.3, 0.4) is 0 Å². The van der Waals surface area contributed by atoms with Crippen LogP contribution in [0.15, 0.2) is 16.1 Å². The van der Waals surface area contributed by atoms with E-state index in [1.165, 1.54) is 0 Å². The van der Waals surface area contributed by atoms with E-state index in [0.717, 1.165) is 5.03 Å². The van der Waals surface area contributed by atoms with Crippen molar-refractivity contribution in [2.24, 2.45) is 4.99 Å². The van der Waals surface area contributed by atoms with Gasteiger partial charge in [0.15, 0.2) is 0 Å². The Morgan fingerprint density at radius 2 is 2.67 bits per heavy atom. The minimum atomic E-state index is 0.682. The molecule has 1 aliphatic heterocycles. The third kappa shape index (κ3) is 0.601. The van der Waals surface area contributed by atoms with Crippen molar-refractivity contribution in [1.29, 1.82) is 0 Å². The molecular weight excluding hydrogens is 97.5 g/mol. The van der Waals surface area contributed by atoms with Gasteiger partial charge in [0.2, 0.25) is 0 Å². The number of hydrogen-bond donors (Lipinski definition) is 0. The summed E-state index contributed by atoms with van der Waals surface area (Å²) in [6.45, 7) is 0.682. The quantitative estimate of drug-likeness (QED) is 0.435. The summed E-state index contributed by atoms with van der Waals surface area (Å²) in [6, 6.07) is 0. The lowest BCUT2D eigenvalue weighted by Gasteiger charge is -1.74. The molecule has 0 bridgehead atoms. The molecule has 0 fully saturated rings. The van der Waals surface area contributed by atoms with Gasteiger partial charge in [-0.2, -0.15) is 0 Å². The van der Waals surface area contributed by atoms with E-state index in [1.54, 1.807) is 12.3 Å². The molecule has 1 rings (SSSR count). The molecule has 2 heteroatoms. The maximum absolute atomic E-state index is 5.45. The van der Waals surface area contributed by atoms with Crippen molar-refractivity contribution in [3.05, 3.63) is 11.1 Å². The lowest BCUT2D eigenvalue weighted by Crippen LogP contribution is -1.65. The fraction of sp³-hybridized carbons (Fsp3) is 0.250. The van der Waals surface area contributed by atoms with Gasteiger partial charge in [0.25, 0.3) is 0 Å². The molecule has 0 amide bonds. The fourth-order valence-corrected chi connectivity index (χ4v) is 0.452. The van der Waals surface area contributed by atoms with Gasteiger partial charge in [-0.3, -0.25) is 4.99 Å². The molecule has 1 heterocycles. The van der Waals surface area contributed by atoms with Gasteiger partial charge in [-0.25, -0.2) is 0 Å². The Bertz CT molecular complexity index is 104. The molecule has 0 N–H and O–H groups in total. The van der Waals surface area contributed by atoms with Crippen LogP contribution in [0.25, 0.3) is 0 Å². The molecule has 32 valence electrons. The molecule has 6 heavy (non-hydrogen) atoms. The standard InChI is InChI=1S/C4H4ClN/c5-4-1-2-6-3-4/h1-2H,3H2. The van der Waals surface area contributed by atoms with Gasteiger partial charge in [-0.15, -0.1) is 0 Å². The highest BCUT2D eigenvalue weighted by Gasteiger charge is 1.90. The van der Waals surface area contributed by atoms with Crippen molar-refractivity contribution in [3.63, 3.8) is 0 Å². The topological polar surface area (TPSA) is 12.4 Å². The van der Waals surface area contributed by atoms with Crippen LogP contribution in [-0.2, 0) is 0 Å². The molecule has 0 aliphatic carbocycles. The third-order valence-electron chi connectivity index (χ3n) is 0.603. The van der Waals surface area contributed by atoms with E-state index in [9.17, 15) is 0 Å². The molecule has 1 aliphatic rings. The monoisotopic (exact) mass is 101 g/mol. The Hall–Kier alpha value is -0.300. The first-order valence-electron chi connectivity index (χ1n) is 1.74. The molecule has 0 spiro atoms. The second-order valence-electron chi connectivity index (χ2n) is 1.10. The van der Waals surface area contributed by atoms with Crippen LogP contribution in [-0.4, -0.2) is 12.8 Å². The van der Waals surface area contributed by atoms with Crippen molar-refractivity contribution in [3.8, 4) is 0 Å². The summed E-state index contributed by atoms with van der Waals surface area (Å²) >= 11 is 5.45. The second-order valence-corrected chi connectivity index (χ2v) is 1.59. The highest BCUT2D eigenvalue weighted by atomic mass is 35.5. The number of hydrogen-bond acceptors (Lipinski definition) is 1. The molecule has 0 aromatic rings. The second kappa shape index (κ2) is 1.43. The molecule has 0 aromatic carbocycles.